The van der Waals surface area contributed by atoms with Crippen LogP contribution in [0.3, 0.4) is 0 Å². The van der Waals surface area contributed by atoms with Crippen LogP contribution in [-0.4, -0.2) is 23.9 Å². The minimum absolute atomic E-state index is 0.0688. The van der Waals surface area contributed by atoms with Gasteiger partial charge in [0.05, 0.1) is 0 Å². The van der Waals surface area contributed by atoms with Crippen molar-refractivity contribution < 1.29 is 4.79 Å². The molecule has 1 aliphatic heterocycles. The summed E-state index contributed by atoms with van der Waals surface area (Å²) < 4.78 is 0. The maximum Gasteiger partial charge on any atom is 0.244 e. The molecule has 2 rings (SSSR count). The molecule has 1 amide bonds. The van der Waals surface area contributed by atoms with Gasteiger partial charge in [-0.1, -0.05) is 43.7 Å². The number of carbonyl (C=O) groups is 1. The molecule has 2 N–H and O–H groups in total. The first-order valence-electron chi connectivity index (χ1n) is 6.81. The van der Waals surface area contributed by atoms with Crippen molar-refractivity contribution in [1.29, 1.82) is 0 Å². The van der Waals surface area contributed by atoms with Crippen molar-refractivity contribution in [3.05, 3.63) is 35.9 Å². The molecule has 18 heavy (non-hydrogen) atoms. The second-order valence-electron chi connectivity index (χ2n) is 5.09. The summed E-state index contributed by atoms with van der Waals surface area (Å²) in [6.45, 7) is 3.92. The highest BCUT2D eigenvalue weighted by molar-refractivity contribution is 5.83. The smallest absolute Gasteiger partial charge is 0.244 e. The van der Waals surface area contributed by atoms with Crippen LogP contribution < -0.4 is 5.73 Å². The van der Waals surface area contributed by atoms with Crippen LogP contribution in [0.15, 0.2) is 30.3 Å². The molecule has 98 valence electrons. The van der Waals surface area contributed by atoms with Crippen LogP contribution in [-0.2, 0) is 4.79 Å². The maximum atomic E-state index is 12.4. The Bertz CT molecular complexity index is 391. The quantitative estimate of drug-likeness (QED) is 0.889. The Hall–Kier alpha value is -1.35. The van der Waals surface area contributed by atoms with E-state index in [4.69, 9.17) is 5.73 Å². The van der Waals surface area contributed by atoms with Gasteiger partial charge in [-0.25, -0.2) is 0 Å². The molecule has 1 aromatic rings. The molecule has 3 heteroatoms. The number of nitrogens with two attached hydrogens (primary N) is 1. The van der Waals surface area contributed by atoms with Gasteiger partial charge >= 0.3 is 0 Å². The molecule has 0 aromatic heterocycles. The topological polar surface area (TPSA) is 46.3 Å². The number of likely N-dealkylation sites (tertiary alicyclic amines) is 1. The Labute approximate surface area is 109 Å². The minimum Gasteiger partial charge on any atom is -0.341 e. The Morgan fingerprint density at radius 1 is 1.44 bits per heavy atom. The van der Waals surface area contributed by atoms with Crippen LogP contribution in [0.5, 0.6) is 0 Å². The second-order valence-corrected chi connectivity index (χ2v) is 5.09. The fourth-order valence-corrected chi connectivity index (χ4v) is 2.60. The number of hydrogen-bond acceptors (Lipinski definition) is 2. The van der Waals surface area contributed by atoms with Gasteiger partial charge in [-0.05, 0) is 24.3 Å². The normalized spacial score (nSPS) is 21.7. The molecule has 0 bridgehead atoms. The molecule has 2 atom stereocenters. The zero-order valence-corrected chi connectivity index (χ0v) is 11.0. The van der Waals surface area contributed by atoms with E-state index in [-0.39, 0.29) is 5.91 Å². The molecular formula is C15H22N2O. The van der Waals surface area contributed by atoms with Crippen molar-refractivity contribution in [3.8, 4) is 0 Å². The molecule has 1 fully saturated rings. The average molecular weight is 246 g/mol. The maximum absolute atomic E-state index is 12.4. The third-order valence-electron chi connectivity index (χ3n) is 3.83. The van der Waals surface area contributed by atoms with Gasteiger partial charge in [0.15, 0.2) is 0 Å². The highest BCUT2D eigenvalue weighted by Gasteiger charge is 2.26. The van der Waals surface area contributed by atoms with Crippen molar-refractivity contribution in [2.75, 3.05) is 13.1 Å². The van der Waals surface area contributed by atoms with Crippen LogP contribution in [0, 0.1) is 5.92 Å². The Balaban J connectivity index is 2.02. The van der Waals surface area contributed by atoms with Crippen molar-refractivity contribution >= 4 is 5.91 Å². The Morgan fingerprint density at radius 2 is 2.17 bits per heavy atom. The minimum atomic E-state index is -0.512. The van der Waals surface area contributed by atoms with Crippen LogP contribution in [0.2, 0.25) is 0 Å². The van der Waals surface area contributed by atoms with Crippen LogP contribution >= 0.6 is 0 Å². The molecule has 0 saturated carbocycles. The van der Waals surface area contributed by atoms with E-state index in [1.165, 1.54) is 6.42 Å². The molecule has 0 radical (unpaired) electrons. The molecule has 0 spiro atoms. The number of benzene rings is 1. The summed E-state index contributed by atoms with van der Waals surface area (Å²) in [5, 5.41) is 0. The molecule has 1 unspecified atom stereocenters. The van der Waals surface area contributed by atoms with E-state index in [2.05, 4.69) is 6.92 Å². The predicted molar refractivity (Wildman–Crippen MR) is 73.0 cm³/mol. The van der Waals surface area contributed by atoms with Crippen molar-refractivity contribution in [3.63, 3.8) is 0 Å². The largest absolute Gasteiger partial charge is 0.341 e. The van der Waals surface area contributed by atoms with Crippen molar-refractivity contribution in [2.45, 2.75) is 32.2 Å². The summed E-state index contributed by atoms with van der Waals surface area (Å²) in [6, 6.07) is 9.12. The first-order valence-corrected chi connectivity index (χ1v) is 6.81. The lowest BCUT2D eigenvalue weighted by molar-refractivity contribution is -0.134. The zero-order valence-electron chi connectivity index (χ0n) is 11.0. The summed E-state index contributed by atoms with van der Waals surface area (Å²) in [7, 11) is 0. The molecule has 3 nitrogen and oxygen atoms in total. The SMILES string of the molecule is CCC1CCCN(C(=O)[C@@H](N)c2ccccc2)C1. The molecule has 1 aromatic carbocycles. The summed E-state index contributed by atoms with van der Waals surface area (Å²) in [4.78, 5) is 14.3. The number of nitrogens with zero attached hydrogens (tertiary/aromatic N) is 1. The highest BCUT2D eigenvalue weighted by Crippen LogP contribution is 2.22. The zero-order chi connectivity index (χ0) is 13.0. The van der Waals surface area contributed by atoms with E-state index in [1.807, 2.05) is 35.2 Å². The summed E-state index contributed by atoms with van der Waals surface area (Å²) in [5.41, 5.74) is 6.97. The summed E-state index contributed by atoms with van der Waals surface area (Å²) >= 11 is 0. The highest BCUT2D eigenvalue weighted by atomic mass is 16.2. The Morgan fingerprint density at radius 3 is 2.83 bits per heavy atom. The third kappa shape index (κ3) is 2.91. The van der Waals surface area contributed by atoms with Gasteiger partial charge in [0.25, 0.3) is 0 Å². The van der Waals surface area contributed by atoms with Crippen LogP contribution in [0.1, 0.15) is 37.8 Å². The molecule has 1 aliphatic rings. The van der Waals surface area contributed by atoms with E-state index < -0.39 is 6.04 Å². The molecule has 0 aliphatic carbocycles. The lowest BCUT2D eigenvalue weighted by atomic mass is 9.94. The predicted octanol–water partition coefficient (Wildman–Crippen LogP) is 2.34. The average Bonchev–Trinajstić information content (AvgIpc) is 2.46. The number of hydrogen-bond donors (Lipinski definition) is 1. The summed E-state index contributed by atoms with van der Waals surface area (Å²) in [6.07, 6.45) is 3.48. The fraction of sp³-hybridized carbons (Fsp3) is 0.533. The van der Waals surface area contributed by atoms with Gasteiger partial charge in [0, 0.05) is 13.1 Å². The second kappa shape index (κ2) is 6.01. The fourth-order valence-electron chi connectivity index (χ4n) is 2.60. The standard InChI is InChI=1S/C15H22N2O/c1-2-12-7-6-10-17(11-12)15(18)14(16)13-8-4-3-5-9-13/h3-5,8-9,12,14H,2,6-7,10-11,16H2,1H3/t12?,14-/m0/s1. The number of rotatable bonds is 3. The van der Waals surface area contributed by atoms with Crippen molar-refractivity contribution in [2.24, 2.45) is 11.7 Å². The van der Waals surface area contributed by atoms with Gasteiger partial charge in [-0.15, -0.1) is 0 Å². The van der Waals surface area contributed by atoms with Gasteiger partial charge in [0.1, 0.15) is 6.04 Å². The number of amides is 1. The van der Waals surface area contributed by atoms with E-state index in [0.29, 0.717) is 5.92 Å². The molecule has 1 saturated heterocycles. The number of carbonyl (C=O) groups excluding carboxylic acids is 1. The third-order valence-corrected chi connectivity index (χ3v) is 3.83. The first kappa shape index (κ1) is 13.1. The summed E-state index contributed by atoms with van der Waals surface area (Å²) in [5.74, 6) is 0.713. The van der Waals surface area contributed by atoms with Crippen molar-refractivity contribution in [1.82, 2.24) is 4.90 Å². The van der Waals surface area contributed by atoms with E-state index in [0.717, 1.165) is 31.5 Å². The van der Waals surface area contributed by atoms with Gasteiger partial charge in [-0.2, -0.15) is 0 Å². The van der Waals surface area contributed by atoms with E-state index >= 15 is 0 Å². The van der Waals surface area contributed by atoms with E-state index in [9.17, 15) is 4.79 Å². The number of piperidine rings is 1. The lowest BCUT2D eigenvalue weighted by Gasteiger charge is -2.34. The van der Waals surface area contributed by atoms with Crippen LogP contribution in [0.4, 0.5) is 0 Å². The van der Waals surface area contributed by atoms with Gasteiger partial charge in [0.2, 0.25) is 5.91 Å². The van der Waals surface area contributed by atoms with Crippen LogP contribution in [0.25, 0.3) is 0 Å². The Kier molecular flexibility index (Phi) is 4.37. The van der Waals surface area contributed by atoms with E-state index in [1.54, 1.807) is 0 Å². The monoisotopic (exact) mass is 246 g/mol. The van der Waals surface area contributed by atoms with Gasteiger partial charge in [-0.3, -0.25) is 4.79 Å². The van der Waals surface area contributed by atoms with Gasteiger partial charge < -0.3 is 10.6 Å². The lowest BCUT2D eigenvalue weighted by Crippen LogP contribution is -2.44. The molecular weight excluding hydrogens is 224 g/mol. The first-order chi connectivity index (χ1) is 8.72. The molecule has 1 heterocycles.